The van der Waals surface area contributed by atoms with Crippen molar-refractivity contribution in [3.05, 3.63) is 29.3 Å². The quantitative estimate of drug-likeness (QED) is 0.932. The number of carbonyl (C=O) groups is 1. The number of benzene rings is 1. The number of carbonyl (C=O) groups excluding carboxylic acids is 1. The molecule has 5 heteroatoms. The summed E-state index contributed by atoms with van der Waals surface area (Å²) < 4.78 is 11.4. The van der Waals surface area contributed by atoms with Crippen molar-refractivity contribution in [1.82, 2.24) is 4.90 Å². The van der Waals surface area contributed by atoms with Crippen molar-refractivity contribution < 1.29 is 14.3 Å². The second-order valence-corrected chi connectivity index (χ2v) is 6.75. The van der Waals surface area contributed by atoms with Gasteiger partial charge in [-0.3, -0.25) is 0 Å². The fraction of sp³-hybridized carbons (Fsp3) is 0.588. The van der Waals surface area contributed by atoms with E-state index in [0.717, 1.165) is 23.3 Å². The lowest BCUT2D eigenvalue weighted by atomic mass is 10.1. The number of nitrogens with zero attached hydrogens (tertiary/aromatic N) is 1. The lowest BCUT2D eigenvalue weighted by Crippen LogP contribution is -2.36. The van der Waals surface area contributed by atoms with Crippen LogP contribution in [0.2, 0.25) is 0 Å². The molecule has 1 atom stereocenters. The van der Waals surface area contributed by atoms with E-state index in [1.54, 1.807) is 4.90 Å². The molecule has 0 radical (unpaired) electrons. The molecule has 0 spiro atoms. The Bertz CT molecular complexity index is 537. The zero-order valence-electron chi connectivity index (χ0n) is 13.9. The third kappa shape index (κ3) is 4.37. The molecule has 1 aromatic carbocycles. The molecular weight excluding hydrogens is 280 g/mol. The molecule has 1 aromatic rings. The minimum Gasteiger partial charge on any atom is -0.489 e. The Balaban J connectivity index is 1.92. The van der Waals surface area contributed by atoms with Crippen LogP contribution in [0.5, 0.6) is 5.75 Å². The van der Waals surface area contributed by atoms with Gasteiger partial charge >= 0.3 is 6.09 Å². The first-order valence-corrected chi connectivity index (χ1v) is 7.72. The van der Waals surface area contributed by atoms with Crippen LogP contribution in [0, 0.1) is 6.92 Å². The standard InChI is InChI=1S/C17H26N2O3/c1-12-5-6-14(9-13(12)10-18)21-15-7-8-19(11-15)16(20)22-17(2,3)4/h5-6,9,15H,7-8,10-11,18H2,1-4H3. The van der Waals surface area contributed by atoms with Gasteiger partial charge in [-0.25, -0.2) is 4.79 Å². The maximum absolute atomic E-state index is 12.0. The van der Waals surface area contributed by atoms with Crippen molar-refractivity contribution in [2.75, 3.05) is 13.1 Å². The number of hydrogen-bond acceptors (Lipinski definition) is 4. The van der Waals surface area contributed by atoms with Crippen molar-refractivity contribution in [3.8, 4) is 5.75 Å². The Morgan fingerprint density at radius 1 is 1.41 bits per heavy atom. The van der Waals surface area contributed by atoms with E-state index in [2.05, 4.69) is 0 Å². The first kappa shape index (κ1) is 16.6. The molecular formula is C17H26N2O3. The molecule has 0 aromatic heterocycles. The Kier molecular flexibility index (Phi) is 4.96. The van der Waals surface area contributed by atoms with Gasteiger partial charge in [0, 0.05) is 19.5 Å². The number of hydrogen-bond donors (Lipinski definition) is 1. The van der Waals surface area contributed by atoms with Gasteiger partial charge in [0.05, 0.1) is 6.54 Å². The summed E-state index contributed by atoms with van der Waals surface area (Å²) in [5.74, 6) is 0.807. The lowest BCUT2D eigenvalue weighted by Gasteiger charge is -2.24. The summed E-state index contributed by atoms with van der Waals surface area (Å²) in [4.78, 5) is 13.7. The number of ether oxygens (including phenoxy) is 2. The Hall–Kier alpha value is -1.75. The number of aryl methyl sites for hydroxylation is 1. The van der Waals surface area contributed by atoms with Crippen LogP contribution in [0.25, 0.3) is 0 Å². The van der Waals surface area contributed by atoms with Crippen molar-refractivity contribution in [1.29, 1.82) is 0 Å². The van der Waals surface area contributed by atoms with Crippen molar-refractivity contribution in [2.45, 2.75) is 52.4 Å². The monoisotopic (exact) mass is 306 g/mol. The zero-order valence-corrected chi connectivity index (χ0v) is 13.9. The van der Waals surface area contributed by atoms with Crippen LogP contribution in [0.4, 0.5) is 4.79 Å². The van der Waals surface area contributed by atoms with E-state index in [4.69, 9.17) is 15.2 Å². The minimum atomic E-state index is -0.469. The average Bonchev–Trinajstić information content (AvgIpc) is 2.87. The Morgan fingerprint density at radius 3 is 2.77 bits per heavy atom. The predicted molar refractivity (Wildman–Crippen MR) is 85.9 cm³/mol. The normalized spacial score (nSPS) is 18.4. The summed E-state index contributed by atoms with van der Waals surface area (Å²) >= 11 is 0. The van der Waals surface area contributed by atoms with E-state index in [9.17, 15) is 4.79 Å². The highest BCUT2D eigenvalue weighted by Gasteiger charge is 2.30. The van der Waals surface area contributed by atoms with E-state index < -0.39 is 5.60 Å². The van der Waals surface area contributed by atoms with Crippen molar-refractivity contribution in [2.24, 2.45) is 5.73 Å². The zero-order chi connectivity index (χ0) is 16.3. The molecule has 0 bridgehead atoms. The van der Waals surface area contributed by atoms with E-state index in [1.165, 1.54) is 0 Å². The van der Waals surface area contributed by atoms with Crippen LogP contribution in [0.1, 0.15) is 38.3 Å². The first-order chi connectivity index (χ1) is 10.3. The van der Waals surface area contributed by atoms with Crippen LogP contribution >= 0.6 is 0 Å². The topological polar surface area (TPSA) is 64.8 Å². The van der Waals surface area contributed by atoms with Gasteiger partial charge in [0.2, 0.25) is 0 Å². The molecule has 1 saturated heterocycles. The molecule has 1 aliphatic heterocycles. The molecule has 0 aliphatic carbocycles. The van der Waals surface area contributed by atoms with Gasteiger partial charge in [0.1, 0.15) is 17.5 Å². The average molecular weight is 306 g/mol. The first-order valence-electron chi connectivity index (χ1n) is 7.72. The van der Waals surface area contributed by atoms with Gasteiger partial charge in [-0.2, -0.15) is 0 Å². The summed E-state index contributed by atoms with van der Waals surface area (Å²) in [5.41, 5.74) is 7.50. The van der Waals surface area contributed by atoms with Crippen LogP contribution in [0.15, 0.2) is 18.2 Å². The highest BCUT2D eigenvalue weighted by Crippen LogP contribution is 2.22. The molecule has 2 N–H and O–H groups in total. The second-order valence-electron chi connectivity index (χ2n) is 6.75. The van der Waals surface area contributed by atoms with Gasteiger partial charge in [-0.1, -0.05) is 6.07 Å². The van der Waals surface area contributed by atoms with Gasteiger partial charge in [0.25, 0.3) is 0 Å². The summed E-state index contributed by atoms with van der Waals surface area (Å²) in [5, 5.41) is 0. The largest absolute Gasteiger partial charge is 0.489 e. The number of likely N-dealkylation sites (tertiary alicyclic amines) is 1. The van der Waals surface area contributed by atoms with E-state index in [-0.39, 0.29) is 12.2 Å². The molecule has 22 heavy (non-hydrogen) atoms. The molecule has 122 valence electrons. The van der Waals surface area contributed by atoms with E-state index in [0.29, 0.717) is 19.6 Å². The van der Waals surface area contributed by atoms with E-state index in [1.807, 2.05) is 45.9 Å². The van der Waals surface area contributed by atoms with E-state index >= 15 is 0 Å². The maximum atomic E-state index is 12.0. The molecule has 1 unspecified atom stereocenters. The Labute approximate surface area is 132 Å². The maximum Gasteiger partial charge on any atom is 0.410 e. The third-order valence-electron chi connectivity index (χ3n) is 3.64. The summed E-state index contributed by atoms with van der Waals surface area (Å²) in [6, 6.07) is 5.94. The predicted octanol–water partition coefficient (Wildman–Crippen LogP) is 2.84. The third-order valence-corrected chi connectivity index (χ3v) is 3.64. The molecule has 1 aliphatic rings. The summed E-state index contributed by atoms with van der Waals surface area (Å²) in [6.07, 6.45) is 0.538. The van der Waals surface area contributed by atoms with Gasteiger partial charge in [0.15, 0.2) is 0 Å². The summed E-state index contributed by atoms with van der Waals surface area (Å²) in [6.45, 7) is 9.36. The number of rotatable bonds is 3. The van der Waals surface area contributed by atoms with Gasteiger partial charge < -0.3 is 20.1 Å². The fourth-order valence-electron chi connectivity index (χ4n) is 2.45. The minimum absolute atomic E-state index is 0.000786. The number of nitrogens with two attached hydrogens (primary N) is 1. The molecule has 0 saturated carbocycles. The molecule has 1 fully saturated rings. The van der Waals surface area contributed by atoms with Crippen molar-refractivity contribution in [3.63, 3.8) is 0 Å². The van der Waals surface area contributed by atoms with Crippen LogP contribution < -0.4 is 10.5 Å². The van der Waals surface area contributed by atoms with Crippen molar-refractivity contribution >= 4 is 6.09 Å². The number of amides is 1. The van der Waals surface area contributed by atoms with Crippen LogP contribution in [-0.2, 0) is 11.3 Å². The highest BCUT2D eigenvalue weighted by molar-refractivity contribution is 5.68. The fourth-order valence-corrected chi connectivity index (χ4v) is 2.45. The highest BCUT2D eigenvalue weighted by atomic mass is 16.6. The smallest absolute Gasteiger partial charge is 0.410 e. The summed E-state index contributed by atoms with van der Waals surface area (Å²) in [7, 11) is 0. The molecule has 2 rings (SSSR count). The lowest BCUT2D eigenvalue weighted by molar-refractivity contribution is 0.0275. The molecule has 1 amide bonds. The van der Waals surface area contributed by atoms with Crippen LogP contribution in [0.3, 0.4) is 0 Å². The Morgan fingerprint density at radius 2 is 2.14 bits per heavy atom. The second kappa shape index (κ2) is 6.57. The molecule has 1 heterocycles. The van der Waals surface area contributed by atoms with Crippen LogP contribution in [-0.4, -0.2) is 35.8 Å². The van der Waals surface area contributed by atoms with Gasteiger partial charge in [-0.15, -0.1) is 0 Å². The van der Waals surface area contributed by atoms with Gasteiger partial charge in [-0.05, 0) is 51.0 Å². The molecule has 5 nitrogen and oxygen atoms in total. The SMILES string of the molecule is Cc1ccc(OC2CCN(C(=O)OC(C)(C)C)C2)cc1CN.